The van der Waals surface area contributed by atoms with Crippen LogP contribution in [0.2, 0.25) is 0 Å². The van der Waals surface area contributed by atoms with Crippen molar-refractivity contribution in [1.29, 1.82) is 0 Å². The molecule has 1 amide bonds. The molecule has 4 heteroatoms. The van der Waals surface area contributed by atoms with Gasteiger partial charge >= 0.3 is 0 Å². The fourth-order valence-electron chi connectivity index (χ4n) is 4.24. The number of aryl methyl sites for hydroxylation is 1. The third-order valence-electron chi connectivity index (χ3n) is 6.09. The molecule has 4 rings (SSSR count). The molecule has 0 aliphatic heterocycles. The standard InChI is InChI=1S/C26H30N2O2/c1-3-4-5-6-7-12-24(29)28(2)21-16-13-20(14-17-21)26-23-18-15-19-10-8-9-11-22(19)25(23)27-30-26/h8-11,13-14,16-17H,3-7,12,15,18H2,1-2H3. The van der Waals surface area contributed by atoms with Gasteiger partial charge in [0.05, 0.1) is 0 Å². The van der Waals surface area contributed by atoms with Gasteiger partial charge in [-0.15, -0.1) is 0 Å². The van der Waals surface area contributed by atoms with Gasteiger partial charge in [0.1, 0.15) is 5.69 Å². The van der Waals surface area contributed by atoms with Gasteiger partial charge in [-0.05, 0) is 49.1 Å². The Labute approximate surface area is 178 Å². The average Bonchev–Trinajstić information content (AvgIpc) is 3.23. The van der Waals surface area contributed by atoms with E-state index in [1.165, 1.54) is 36.0 Å². The largest absolute Gasteiger partial charge is 0.355 e. The third-order valence-corrected chi connectivity index (χ3v) is 6.09. The first kappa shape index (κ1) is 20.4. The molecule has 0 saturated heterocycles. The highest BCUT2D eigenvalue weighted by Crippen LogP contribution is 2.38. The summed E-state index contributed by atoms with van der Waals surface area (Å²) < 4.78 is 5.76. The van der Waals surface area contributed by atoms with E-state index in [4.69, 9.17) is 4.52 Å². The van der Waals surface area contributed by atoms with Crippen LogP contribution in [0.4, 0.5) is 5.69 Å². The van der Waals surface area contributed by atoms with E-state index in [-0.39, 0.29) is 5.91 Å². The second-order valence-corrected chi connectivity index (χ2v) is 8.16. The minimum Gasteiger partial charge on any atom is -0.355 e. The van der Waals surface area contributed by atoms with Crippen LogP contribution < -0.4 is 4.90 Å². The molecule has 0 radical (unpaired) electrons. The van der Waals surface area contributed by atoms with Gasteiger partial charge in [-0.2, -0.15) is 0 Å². The van der Waals surface area contributed by atoms with E-state index < -0.39 is 0 Å². The first-order valence-electron chi connectivity index (χ1n) is 11.1. The van der Waals surface area contributed by atoms with Crippen molar-refractivity contribution in [2.45, 2.75) is 58.3 Å². The van der Waals surface area contributed by atoms with Gasteiger partial charge < -0.3 is 9.42 Å². The number of hydrogen-bond donors (Lipinski definition) is 0. The Balaban J connectivity index is 1.45. The number of benzene rings is 2. The molecule has 3 aromatic rings. The summed E-state index contributed by atoms with van der Waals surface area (Å²) >= 11 is 0. The first-order chi connectivity index (χ1) is 14.7. The van der Waals surface area contributed by atoms with Gasteiger partial charge in [-0.25, -0.2) is 0 Å². The summed E-state index contributed by atoms with van der Waals surface area (Å²) in [6, 6.07) is 16.5. The summed E-state index contributed by atoms with van der Waals surface area (Å²) in [5, 5.41) is 4.38. The van der Waals surface area contributed by atoms with Crippen LogP contribution >= 0.6 is 0 Å². The second kappa shape index (κ2) is 9.29. The number of carbonyl (C=O) groups is 1. The number of unbranched alkanes of at least 4 members (excludes halogenated alkanes) is 4. The van der Waals surface area contributed by atoms with Crippen LogP contribution in [-0.4, -0.2) is 18.1 Å². The van der Waals surface area contributed by atoms with Crippen molar-refractivity contribution in [1.82, 2.24) is 5.16 Å². The molecular formula is C26H30N2O2. The van der Waals surface area contributed by atoms with Crippen molar-refractivity contribution in [2.75, 3.05) is 11.9 Å². The maximum atomic E-state index is 12.5. The summed E-state index contributed by atoms with van der Waals surface area (Å²) in [5.41, 5.74) is 6.57. The topological polar surface area (TPSA) is 46.3 Å². The number of carbonyl (C=O) groups excluding carboxylic acids is 1. The fourth-order valence-corrected chi connectivity index (χ4v) is 4.24. The Morgan fingerprint density at radius 1 is 1.00 bits per heavy atom. The average molecular weight is 403 g/mol. The molecule has 0 spiro atoms. The number of aromatic nitrogens is 1. The molecule has 1 heterocycles. The molecule has 0 unspecified atom stereocenters. The highest BCUT2D eigenvalue weighted by atomic mass is 16.5. The predicted molar refractivity (Wildman–Crippen MR) is 122 cm³/mol. The molecule has 0 bridgehead atoms. The summed E-state index contributed by atoms with van der Waals surface area (Å²) in [4.78, 5) is 14.3. The Morgan fingerprint density at radius 3 is 2.57 bits per heavy atom. The van der Waals surface area contributed by atoms with E-state index in [2.05, 4.69) is 30.3 Å². The van der Waals surface area contributed by atoms with E-state index in [0.717, 1.165) is 48.4 Å². The van der Waals surface area contributed by atoms with Gasteiger partial charge in [0.2, 0.25) is 5.91 Å². The Morgan fingerprint density at radius 2 is 1.77 bits per heavy atom. The molecule has 1 aliphatic rings. The maximum Gasteiger partial charge on any atom is 0.226 e. The van der Waals surface area contributed by atoms with Crippen LogP contribution in [-0.2, 0) is 17.6 Å². The van der Waals surface area contributed by atoms with Gasteiger partial charge in [0.25, 0.3) is 0 Å². The van der Waals surface area contributed by atoms with E-state index in [1.807, 2.05) is 37.4 Å². The van der Waals surface area contributed by atoms with Crippen molar-refractivity contribution < 1.29 is 9.32 Å². The molecule has 0 atom stereocenters. The molecular weight excluding hydrogens is 372 g/mol. The Bertz CT molecular complexity index is 1000. The molecule has 1 aliphatic carbocycles. The second-order valence-electron chi connectivity index (χ2n) is 8.16. The number of nitrogens with zero attached hydrogens (tertiary/aromatic N) is 2. The lowest BCUT2D eigenvalue weighted by Gasteiger charge is -2.18. The SMILES string of the molecule is CCCCCCCC(=O)N(C)c1ccc(-c2onc3c2CCc2ccccc2-3)cc1. The van der Waals surface area contributed by atoms with E-state index >= 15 is 0 Å². The lowest BCUT2D eigenvalue weighted by Crippen LogP contribution is -2.25. The van der Waals surface area contributed by atoms with E-state index in [9.17, 15) is 4.79 Å². The minimum atomic E-state index is 0.174. The van der Waals surface area contributed by atoms with Crippen LogP contribution in [0.5, 0.6) is 0 Å². The van der Waals surface area contributed by atoms with Crippen LogP contribution in [0.25, 0.3) is 22.6 Å². The van der Waals surface area contributed by atoms with Gasteiger partial charge in [0, 0.05) is 35.8 Å². The molecule has 1 aromatic heterocycles. The minimum absolute atomic E-state index is 0.174. The lowest BCUT2D eigenvalue weighted by molar-refractivity contribution is -0.118. The van der Waals surface area contributed by atoms with Crippen molar-refractivity contribution in [3.8, 4) is 22.6 Å². The third kappa shape index (κ3) is 4.18. The Kier molecular flexibility index (Phi) is 6.32. The van der Waals surface area contributed by atoms with Crippen molar-refractivity contribution in [2.24, 2.45) is 0 Å². The van der Waals surface area contributed by atoms with Gasteiger partial charge in [-0.3, -0.25) is 4.79 Å². The summed E-state index contributed by atoms with van der Waals surface area (Å²) in [6.07, 6.45) is 8.34. The number of anilines is 1. The predicted octanol–water partition coefficient (Wildman–Crippen LogP) is 6.43. The van der Waals surface area contributed by atoms with Crippen molar-refractivity contribution >= 4 is 11.6 Å². The molecule has 4 nitrogen and oxygen atoms in total. The zero-order valence-corrected chi connectivity index (χ0v) is 18.0. The Hall–Kier alpha value is -2.88. The molecule has 0 fully saturated rings. The summed E-state index contributed by atoms with van der Waals surface area (Å²) in [7, 11) is 1.86. The number of rotatable bonds is 8. The highest BCUT2D eigenvalue weighted by Gasteiger charge is 2.24. The normalized spacial score (nSPS) is 12.3. The number of hydrogen-bond acceptors (Lipinski definition) is 3. The van der Waals surface area contributed by atoms with Crippen LogP contribution in [0.3, 0.4) is 0 Å². The maximum absolute atomic E-state index is 12.5. The van der Waals surface area contributed by atoms with Crippen molar-refractivity contribution in [3.05, 3.63) is 59.7 Å². The number of amides is 1. The molecule has 156 valence electrons. The lowest BCUT2D eigenvalue weighted by atomic mass is 9.88. The first-order valence-corrected chi connectivity index (χ1v) is 11.1. The zero-order valence-electron chi connectivity index (χ0n) is 18.0. The molecule has 0 saturated carbocycles. The van der Waals surface area contributed by atoms with Gasteiger partial charge in [-0.1, -0.05) is 62.0 Å². The zero-order chi connectivity index (χ0) is 20.9. The van der Waals surface area contributed by atoms with Crippen LogP contribution in [0, 0.1) is 0 Å². The van der Waals surface area contributed by atoms with E-state index in [0.29, 0.717) is 6.42 Å². The number of fused-ring (bicyclic) bond motifs is 3. The van der Waals surface area contributed by atoms with Crippen molar-refractivity contribution in [3.63, 3.8) is 0 Å². The summed E-state index contributed by atoms with van der Waals surface area (Å²) in [6.45, 7) is 2.20. The smallest absolute Gasteiger partial charge is 0.226 e. The van der Waals surface area contributed by atoms with Crippen LogP contribution in [0.1, 0.15) is 56.6 Å². The molecule has 0 N–H and O–H groups in total. The highest BCUT2D eigenvalue weighted by molar-refractivity contribution is 5.93. The monoisotopic (exact) mass is 402 g/mol. The fraction of sp³-hybridized carbons (Fsp3) is 0.385. The quantitative estimate of drug-likeness (QED) is 0.408. The van der Waals surface area contributed by atoms with Gasteiger partial charge in [0.15, 0.2) is 5.76 Å². The molecule has 30 heavy (non-hydrogen) atoms. The summed E-state index contributed by atoms with van der Waals surface area (Å²) in [5.74, 6) is 1.02. The molecule has 2 aromatic carbocycles. The van der Waals surface area contributed by atoms with Crippen LogP contribution in [0.15, 0.2) is 53.1 Å². The van der Waals surface area contributed by atoms with E-state index in [1.54, 1.807) is 4.90 Å².